The number of fused-ring (bicyclic) bond motifs is 1. The quantitative estimate of drug-likeness (QED) is 0.881. The van der Waals surface area contributed by atoms with E-state index >= 15 is 0 Å². The van der Waals surface area contributed by atoms with E-state index in [1.165, 1.54) is 10.6 Å². The van der Waals surface area contributed by atoms with Crippen molar-refractivity contribution in [2.45, 2.75) is 32.5 Å². The molecular weight excluding hydrogens is 311 g/mol. The normalized spacial score (nSPS) is 15.2. The fraction of sp³-hybridized carbons (Fsp3) is 0.333. The van der Waals surface area contributed by atoms with Crippen LogP contribution in [0.1, 0.15) is 19.4 Å². The van der Waals surface area contributed by atoms with Crippen molar-refractivity contribution in [2.75, 3.05) is 5.32 Å². The smallest absolute Gasteiger partial charge is 0.352 e. The largest absolute Gasteiger partial charge is 0.473 e. The zero-order chi connectivity index (χ0) is 16.8. The maximum Gasteiger partial charge on any atom is 0.352 e. The van der Waals surface area contributed by atoms with Gasteiger partial charge < -0.3 is 10.1 Å². The molecule has 23 heavy (non-hydrogen) atoms. The molecule has 0 atom stereocenters. The van der Waals surface area contributed by atoms with Crippen LogP contribution in [-0.2, 0) is 13.2 Å². The van der Waals surface area contributed by atoms with Crippen LogP contribution in [0, 0.1) is 17.5 Å². The van der Waals surface area contributed by atoms with Gasteiger partial charge in [0, 0.05) is 6.07 Å². The van der Waals surface area contributed by atoms with E-state index < -0.39 is 23.1 Å². The minimum atomic E-state index is -1.53. The van der Waals surface area contributed by atoms with Gasteiger partial charge in [0.1, 0.15) is 12.4 Å². The molecule has 0 fully saturated rings. The van der Waals surface area contributed by atoms with Gasteiger partial charge in [0.05, 0.1) is 12.1 Å². The molecule has 1 aliphatic heterocycles. The van der Waals surface area contributed by atoms with Gasteiger partial charge in [-0.25, -0.2) is 18.0 Å². The predicted octanol–water partition coefficient (Wildman–Crippen LogP) is 2.44. The molecule has 2 heterocycles. The summed E-state index contributed by atoms with van der Waals surface area (Å²) in [5.74, 6) is -3.55. The molecule has 0 saturated heterocycles. The van der Waals surface area contributed by atoms with Crippen LogP contribution in [0.4, 0.5) is 19.0 Å². The second-order valence-corrected chi connectivity index (χ2v) is 6.02. The molecule has 0 unspecified atom stereocenters. The lowest BCUT2D eigenvalue weighted by molar-refractivity contribution is 0.289. The van der Waals surface area contributed by atoms with Crippen LogP contribution in [0.5, 0.6) is 5.88 Å². The summed E-state index contributed by atoms with van der Waals surface area (Å²) in [4.78, 5) is 15.7. The molecule has 1 N–H and O–H groups in total. The number of benzene rings is 1. The summed E-state index contributed by atoms with van der Waals surface area (Å²) in [5.41, 5.74) is -0.667. The maximum absolute atomic E-state index is 13.1. The topological polar surface area (TPSA) is 56.2 Å². The van der Waals surface area contributed by atoms with Gasteiger partial charge >= 0.3 is 5.69 Å². The maximum atomic E-state index is 13.1. The van der Waals surface area contributed by atoms with Crippen LogP contribution in [-0.4, -0.2) is 15.1 Å². The Morgan fingerprint density at radius 3 is 2.57 bits per heavy atom. The Morgan fingerprint density at radius 2 is 1.91 bits per heavy atom. The average Bonchev–Trinajstić information content (AvgIpc) is 2.77. The number of nitrogens with one attached hydrogen (secondary N) is 1. The van der Waals surface area contributed by atoms with Crippen LogP contribution < -0.4 is 15.7 Å². The number of halogens is 3. The lowest BCUT2D eigenvalue weighted by atomic mass is 10.1. The Hall–Kier alpha value is -2.51. The Bertz CT molecular complexity index is 810. The molecule has 0 bridgehead atoms. The van der Waals surface area contributed by atoms with E-state index in [1.807, 2.05) is 13.8 Å². The van der Waals surface area contributed by atoms with Gasteiger partial charge in [-0.15, -0.1) is 0 Å². The minimum Gasteiger partial charge on any atom is -0.473 e. The third-order valence-electron chi connectivity index (χ3n) is 3.44. The van der Waals surface area contributed by atoms with Gasteiger partial charge in [0.25, 0.3) is 0 Å². The van der Waals surface area contributed by atoms with E-state index in [0.29, 0.717) is 12.4 Å². The first-order valence-corrected chi connectivity index (χ1v) is 6.91. The van der Waals surface area contributed by atoms with Crippen LogP contribution in [0.2, 0.25) is 0 Å². The van der Waals surface area contributed by atoms with Gasteiger partial charge in [-0.3, -0.25) is 4.57 Å². The summed E-state index contributed by atoms with van der Waals surface area (Å²) in [6.45, 7) is 4.10. The molecule has 0 spiro atoms. The summed E-state index contributed by atoms with van der Waals surface area (Å²) in [7, 11) is 0. The fourth-order valence-electron chi connectivity index (χ4n) is 2.45. The Labute approximate surface area is 129 Å². The summed E-state index contributed by atoms with van der Waals surface area (Å²) >= 11 is 0. The molecule has 8 heteroatoms. The third-order valence-corrected chi connectivity index (χ3v) is 3.44. The van der Waals surface area contributed by atoms with Crippen molar-refractivity contribution in [1.29, 1.82) is 0 Å². The first-order chi connectivity index (χ1) is 10.7. The number of hydrogen-bond acceptors (Lipinski definition) is 4. The number of anilines is 1. The first kappa shape index (κ1) is 15.4. The van der Waals surface area contributed by atoms with E-state index in [4.69, 9.17) is 4.74 Å². The van der Waals surface area contributed by atoms with Crippen molar-refractivity contribution in [2.24, 2.45) is 0 Å². The molecule has 2 aromatic rings. The van der Waals surface area contributed by atoms with Gasteiger partial charge in [0.15, 0.2) is 17.5 Å². The first-order valence-electron chi connectivity index (χ1n) is 6.91. The Kier molecular flexibility index (Phi) is 3.54. The highest BCUT2D eigenvalue weighted by atomic mass is 19.2. The van der Waals surface area contributed by atoms with E-state index in [1.54, 1.807) is 0 Å². The average molecular weight is 325 g/mol. The Morgan fingerprint density at radius 1 is 1.26 bits per heavy atom. The predicted molar refractivity (Wildman–Crippen MR) is 76.8 cm³/mol. The number of ether oxygens (including phenoxy) is 1. The van der Waals surface area contributed by atoms with Crippen LogP contribution >= 0.6 is 0 Å². The summed E-state index contributed by atoms with van der Waals surface area (Å²) in [6, 6.07) is 3.20. The molecular formula is C15H14F3N3O2. The third kappa shape index (κ3) is 3.01. The number of rotatable bonds is 3. The van der Waals surface area contributed by atoms with Gasteiger partial charge in [-0.1, -0.05) is 0 Å². The highest BCUT2D eigenvalue weighted by Gasteiger charge is 2.29. The van der Waals surface area contributed by atoms with Crippen molar-refractivity contribution < 1.29 is 17.9 Å². The summed E-state index contributed by atoms with van der Waals surface area (Å²) in [5, 5.41) is 3.15. The van der Waals surface area contributed by atoms with E-state index in [-0.39, 0.29) is 23.6 Å². The second-order valence-electron chi connectivity index (χ2n) is 6.02. The second kappa shape index (κ2) is 5.29. The van der Waals surface area contributed by atoms with Crippen molar-refractivity contribution >= 4 is 5.82 Å². The molecule has 122 valence electrons. The van der Waals surface area contributed by atoms with E-state index in [2.05, 4.69) is 10.3 Å². The van der Waals surface area contributed by atoms with Crippen molar-refractivity contribution in [1.82, 2.24) is 9.55 Å². The highest BCUT2D eigenvalue weighted by Crippen LogP contribution is 2.26. The van der Waals surface area contributed by atoms with Crippen LogP contribution in [0.25, 0.3) is 0 Å². The summed E-state index contributed by atoms with van der Waals surface area (Å²) < 4.78 is 46.0. The lowest BCUT2D eigenvalue weighted by Gasteiger charge is -2.16. The molecule has 0 aliphatic carbocycles. The van der Waals surface area contributed by atoms with Gasteiger partial charge in [-0.05, 0) is 31.5 Å². The van der Waals surface area contributed by atoms with Crippen molar-refractivity contribution in [3.63, 3.8) is 0 Å². The minimum absolute atomic E-state index is 0.0246. The number of aromatic nitrogens is 2. The van der Waals surface area contributed by atoms with Gasteiger partial charge in [0.2, 0.25) is 5.88 Å². The molecule has 0 saturated carbocycles. The molecule has 0 amide bonds. The fourth-order valence-corrected chi connectivity index (χ4v) is 2.45. The molecule has 0 radical (unpaired) electrons. The van der Waals surface area contributed by atoms with Gasteiger partial charge in [-0.2, -0.15) is 4.98 Å². The summed E-state index contributed by atoms with van der Waals surface area (Å²) in [6.07, 6.45) is 0. The van der Waals surface area contributed by atoms with Crippen molar-refractivity contribution in [3.8, 4) is 5.88 Å². The molecule has 3 rings (SSSR count). The van der Waals surface area contributed by atoms with Crippen molar-refractivity contribution in [3.05, 3.63) is 51.7 Å². The molecule has 1 aliphatic rings. The monoisotopic (exact) mass is 325 g/mol. The standard InChI is InChI=1S/C15H14F3N3O2/c1-15(2)7-21-11(20-15)5-12(19-14(21)22)23-6-8-3-9(16)13(18)10(17)4-8/h3-5,20H,6-7H2,1-2H3. The molecule has 1 aromatic carbocycles. The zero-order valence-electron chi connectivity index (χ0n) is 12.5. The highest BCUT2D eigenvalue weighted by molar-refractivity contribution is 5.45. The van der Waals surface area contributed by atoms with Crippen LogP contribution in [0.3, 0.4) is 0 Å². The number of nitrogens with zero attached hydrogens (tertiary/aromatic N) is 2. The molecule has 1 aromatic heterocycles. The zero-order valence-corrected chi connectivity index (χ0v) is 12.5. The Balaban J connectivity index is 1.80. The molecule has 5 nitrogen and oxygen atoms in total. The SMILES string of the molecule is CC1(C)Cn2c(cc(OCc3cc(F)c(F)c(F)c3)nc2=O)N1. The van der Waals surface area contributed by atoms with E-state index in [0.717, 1.165) is 12.1 Å². The lowest BCUT2D eigenvalue weighted by Crippen LogP contribution is -2.30. The van der Waals surface area contributed by atoms with E-state index in [9.17, 15) is 18.0 Å². The number of hydrogen-bond donors (Lipinski definition) is 1. The van der Waals surface area contributed by atoms with Crippen LogP contribution in [0.15, 0.2) is 23.0 Å².